The molecule has 0 atom stereocenters. The molecule has 0 bridgehead atoms. The molecule has 1 amide bonds. The Morgan fingerprint density at radius 2 is 1.81 bits per heavy atom. The first-order valence-electron chi connectivity index (χ1n) is 11.8. The molecular formula is C26H22ClN7O3. The third-order valence-electron chi connectivity index (χ3n) is 6.48. The topological polar surface area (TPSA) is 118 Å². The number of aliphatic hydroxyl groups excluding tert-OH is 1. The molecule has 3 aromatic heterocycles. The van der Waals surface area contributed by atoms with Gasteiger partial charge in [-0.2, -0.15) is 4.98 Å². The van der Waals surface area contributed by atoms with Gasteiger partial charge in [0.1, 0.15) is 5.39 Å². The molecule has 4 heterocycles. The van der Waals surface area contributed by atoms with Crippen molar-refractivity contribution < 1.29 is 9.90 Å². The predicted octanol–water partition coefficient (Wildman–Crippen LogP) is 3.42. The number of imidazole rings is 1. The molecule has 0 radical (unpaired) electrons. The number of piperidine rings is 1. The molecule has 0 spiro atoms. The first kappa shape index (κ1) is 23.1. The van der Waals surface area contributed by atoms with Gasteiger partial charge >= 0.3 is 0 Å². The van der Waals surface area contributed by atoms with Crippen LogP contribution in [-0.2, 0) is 0 Å². The molecule has 0 aliphatic carbocycles. The summed E-state index contributed by atoms with van der Waals surface area (Å²) in [6.07, 6.45) is 5.65. The summed E-state index contributed by atoms with van der Waals surface area (Å²) in [6.45, 7) is 1.09. The summed E-state index contributed by atoms with van der Waals surface area (Å²) in [5.74, 6) is 0.613. The monoisotopic (exact) mass is 515 g/mol. The van der Waals surface area contributed by atoms with Crippen molar-refractivity contribution >= 4 is 46.0 Å². The standard InChI is InChI=1S/C26H22ClN7O3/c27-20-3-1-2-4-21(20)34-24(37)19-15-29-25(31-22(19)33-14-11-28-26(33)34)30-17-7-5-16(6-8-17)23(36)32-12-9-18(35)10-13-32/h1-8,11,14-15,18,35H,9-10,12-13H2,(H,29,30,31). The molecule has 1 fully saturated rings. The van der Waals surface area contributed by atoms with E-state index in [0.717, 1.165) is 0 Å². The molecule has 1 aliphatic heterocycles. The molecule has 2 aromatic carbocycles. The van der Waals surface area contributed by atoms with Gasteiger partial charge in [-0.05, 0) is 49.2 Å². The number of halogens is 1. The van der Waals surface area contributed by atoms with Gasteiger partial charge in [0, 0.05) is 42.9 Å². The highest BCUT2D eigenvalue weighted by atomic mass is 35.5. The Labute approximate surface area is 215 Å². The van der Waals surface area contributed by atoms with Crippen LogP contribution in [-0.4, -0.2) is 59.0 Å². The van der Waals surface area contributed by atoms with Crippen molar-refractivity contribution in [3.63, 3.8) is 0 Å². The third kappa shape index (κ3) is 4.20. The highest BCUT2D eigenvalue weighted by molar-refractivity contribution is 6.32. The van der Waals surface area contributed by atoms with Gasteiger partial charge in [0.15, 0.2) is 5.65 Å². The van der Waals surface area contributed by atoms with Crippen molar-refractivity contribution in [2.75, 3.05) is 18.4 Å². The van der Waals surface area contributed by atoms with Crippen LogP contribution >= 0.6 is 11.6 Å². The van der Waals surface area contributed by atoms with E-state index < -0.39 is 0 Å². The molecule has 11 heteroatoms. The van der Waals surface area contributed by atoms with Crippen LogP contribution < -0.4 is 10.9 Å². The van der Waals surface area contributed by atoms with Gasteiger partial charge in [0.25, 0.3) is 11.5 Å². The van der Waals surface area contributed by atoms with Crippen LogP contribution in [0, 0.1) is 0 Å². The zero-order valence-electron chi connectivity index (χ0n) is 19.6. The minimum absolute atomic E-state index is 0.0577. The maximum atomic E-state index is 13.4. The van der Waals surface area contributed by atoms with Crippen LogP contribution in [0.25, 0.3) is 22.5 Å². The first-order valence-corrected chi connectivity index (χ1v) is 12.2. The highest BCUT2D eigenvalue weighted by Gasteiger charge is 2.22. The van der Waals surface area contributed by atoms with E-state index in [9.17, 15) is 14.7 Å². The lowest BCUT2D eigenvalue weighted by molar-refractivity contribution is 0.0546. The fraction of sp³-hybridized carbons (Fsp3) is 0.192. The number of carbonyl (C=O) groups is 1. The Morgan fingerprint density at radius 3 is 2.57 bits per heavy atom. The number of hydrogen-bond acceptors (Lipinski definition) is 7. The van der Waals surface area contributed by atoms with E-state index in [-0.39, 0.29) is 17.6 Å². The SMILES string of the molecule is O=C(c1ccc(Nc2ncc3c(=O)n(-c4ccccc4Cl)c4nccn4c3n2)cc1)N1CCC(O)CC1. The molecule has 5 aromatic rings. The molecule has 0 unspecified atom stereocenters. The maximum absolute atomic E-state index is 13.4. The predicted molar refractivity (Wildman–Crippen MR) is 140 cm³/mol. The number of para-hydroxylation sites is 1. The van der Waals surface area contributed by atoms with Gasteiger partial charge in [0.05, 0.1) is 16.8 Å². The fourth-order valence-electron chi connectivity index (χ4n) is 4.53. The summed E-state index contributed by atoms with van der Waals surface area (Å²) in [4.78, 5) is 41.2. The van der Waals surface area contributed by atoms with Crippen LogP contribution in [0.5, 0.6) is 0 Å². The largest absolute Gasteiger partial charge is 0.393 e. The van der Waals surface area contributed by atoms with E-state index in [4.69, 9.17) is 11.6 Å². The molecular weight excluding hydrogens is 494 g/mol. The van der Waals surface area contributed by atoms with Crippen LogP contribution in [0.4, 0.5) is 11.6 Å². The minimum atomic E-state index is -0.333. The third-order valence-corrected chi connectivity index (χ3v) is 6.80. The molecule has 10 nitrogen and oxygen atoms in total. The van der Waals surface area contributed by atoms with E-state index in [2.05, 4.69) is 20.3 Å². The van der Waals surface area contributed by atoms with E-state index in [0.29, 0.717) is 70.7 Å². The Kier molecular flexibility index (Phi) is 5.82. The number of nitrogens with zero attached hydrogens (tertiary/aromatic N) is 6. The van der Waals surface area contributed by atoms with Gasteiger partial charge in [0.2, 0.25) is 11.7 Å². The number of rotatable bonds is 4. The second kappa shape index (κ2) is 9.30. The minimum Gasteiger partial charge on any atom is -0.393 e. The average Bonchev–Trinajstić information content (AvgIpc) is 3.40. The Bertz CT molecular complexity index is 1690. The molecule has 2 N–H and O–H groups in total. The van der Waals surface area contributed by atoms with Crippen molar-refractivity contribution in [1.29, 1.82) is 0 Å². The number of benzene rings is 2. The lowest BCUT2D eigenvalue weighted by Gasteiger charge is -2.29. The van der Waals surface area contributed by atoms with Crippen LogP contribution in [0.1, 0.15) is 23.2 Å². The molecule has 37 heavy (non-hydrogen) atoms. The Morgan fingerprint density at radius 1 is 1.05 bits per heavy atom. The number of amides is 1. The Hall–Kier alpha value is -4.28. The van der Waals surface area contributed by atoms with E-state index in [1.54, 1.807) is 70.2 Å². The lowest BCUT2D eigenvalue weighted by Crippen LogP contribution is -2.40. The molecule has 186 valence electrons. The number of aliphatic hydroxyl groups is 1. The number of carbonyl (C=O) groups excluding carboxylic acids is 1. The van der Waals surface area contributed by atoms with Gasteiger partial charge < -0.3 is 15.3 Å². The van der Waals surface area contributed by atoms with E-state index >= 15 is 0 Å². The quantitative estimate of drug-likeness (QED) is 0.376. The van der Waals surface area contributed by atoms with Crippen LogP contribution in [0.3, 0.4) is 0 Å². The zero-order valence-corrected chi connectivity index (χ0v) is 20.3. The van der Waals surface area contributed by atoms with Crippen molar-refractivity contribution in [1.82, 2.24) is 28.8 Å². The number of anilines is 2. The molecule has 1 saturated heterocycles. The summed E-state index contributed by atoms with van der Waals surface area (Å²) in [6, 6.07) is 14.1. The normalized spacial score (nSPS) is 14.4. The first-order chi connectivity index (χ1) is 18.0. The molecule has 6 rings (SSSR count). The second-order valence-electron chi connectivity index (χ2n) is 8.85. The summed E-state index contributed by atoms with van der Waals surface area (Å²) in [5.41, 5.74) is 1.85. The number of nitrogens with one attached hydrogen (secondary N) is 1. The number of likely N-dealkylation sites (tertiary alicyclic amines) is 1. The van der Waals surface area contributed by atoms with E-state index in [1.165, 1.54) is 10.8 Å². The molecule has 1 aliphatic rings. The van der Waals surface area contributed by atoms with Crippen LogP contribution in [0.15, 0.2) is 71.9 Å². The summed E-state index contributed by atoms with van der Waals surface area (Å²) in [7, 11) is 0. The van der Waals surface area contributed by atoms with E-state index in [1.807, 2.05) is 0 Å². The summed E-state index contributed by atoms with van der Waals surface area (Å²) in [5, 5.41) is 13.5. The van der Waals surface area contributed by atoms with Crippen molar-refractivity contribution in [2.24, 2.45) is 0 Å². The maximum Gasteiger partial charge on any atom is 0.270 e. The van der Waals surface area contributed by atoms with Gasteiger partial charge in [-0.15, -0.1) is 0 Å². The molecule has 0 saturated carbocycles. The number of aromatic nitrogens is 5. The van der Waals surface area contributed by atoms with Gasteiger partial charge in [-0.25, -0.2) is 14.5 Å². The average molecular weight is 516 g/mol. The number of fused-ring (bicyclic) bond motifs is 3. The summed E-state index contributed by atoms with van der Waals surface area (Å²) >= 11 is 6.37. The van der Waals surface area contributed by atoms with Crippen LogP contribution in [0.2, 0.25) is 5.02 Å². The number of hydrogen-bond donors (Lipinski definition) is 2. The van der Waals surface area contributed by atoms with Gasteiger partial charge in [-0.1, -0.05) is 23.7 Å². The Balaban J connectivity index is 1.31. The highest BCUT2D eigenvalue weighted by Crippen LogP contribution is 2.23. The van der Waals surface area contributed by atoms with Crippen molar-refractivity contribution in [3.8, 4) is 5.69 Å². The van der Waals surface area contributed by atoms with Crippen molar-refractivity contribution in [3.05, 3.63) is 88.1 Å². The second-order valence-corrected chi connectivity index (χ2v) is 9.25. The lowest BCUT2D eigenvalue weighted by atomic mass is 10.1. The van der Waals surface area contributed by atoms with Gasteiger partial charge in [-0.3, -0.25) is 14.0 Å². The zero-order chi connectivity index (χ0) is 25.5. The fourth-order valence-corrected chi connectivity index (χ4v) is 4.75. The van der Waals surface area contributed by atoms with Crippen molar-refractivity contribution in [2.45, 2.75) is 18.9 Å². The summed E-state index contributed by atoms with van der Waals surface area (Å²) < 4.78 is 3.16. The smallest absolute Gasteiger partial charge is 0.270 e.